The number of rotatable bonds is 4. The van der Waals surface area contributed by atoms with Crippen molar-refractivity contribution in [1.82, 2.24) is 19.9 Å². The van der Waals surface area contributed by atoms with Crippen molar-refractivity contribution >= 4 is 28.6 Å². The second-order valence-corrected chi connectivity index (χ2v) is 5.28. The van der Waals surface area contributed by atoms with Crippen molar-refractivity contribution in [2.75, 3.05) is 5.43 Å². The molecule has 0 bridgehead atoms. The van der Waals surface area contributed by atoms with Crippen molar-refractivity contribution < 1.29 is 0 Å². The molecule has 0 amide bonds. The first kappa shape index (κ1) is 15.6. The first-order valence-electron chi connectivity index (χ1n) is 7.90. The number of benzene rings is 1. The first-order valence-corrected chi connectivity index (χ1v) is 7.90. The highest BCUT2D eigenvalue weighted by atomic mass is 15.4. The van der Waals surface area contributed by atoms with Crippen LogP contribution in [0.25, 0.3) is 11.0 Å². The van der Waals surface area contributed by atoms with Crippen LogP contribution < -0.4 is 5.43 Å². The fourth-order valence-electron chi connectivity index (χ4n) is 2.26. The maximum absolute atomic E-state index is 4.38. The Morgan fingerprint density at radius 2 is 1.88 bits per heavy atom. The molecule has 3 aromatic heterocycles. The number of hydrazone groups is 1. The zero-order valence-electron chi connectivity index (χ0n) is 13.6. The van der Waals surface area contributed by atoms with Crippen LogP contribution in [0.15, 0.2) is 88.5 Å². The zero-order valence-corrected chi connectivity index (χ0v) is 13.6. The topological polar surface area (TPSA) is 104 Å². The van der Waals surface area contributed by atoms with Gasteiger partial charge in [-0.15, -0.1) is 10.2 Å². The third kappa shape index (κ3) is 3.59. The molecule has 8 heteroatoms. The lowest BCUT2D eigenvalue weighted by Crippen LogP contribution is -2.02. The summed E-state index contributed by atoms with van der Waals surface area (Å²) in [5, 5.41) is 12.7. The lowest BCUT2D eigenvalue weighted by molar-refractivity contribution is 1.13. The van der Waals surface area contributed by atoms with E-state index in [0.717, 1.165) is 16.6 Å². The van der Waals surface area contributed by atoms with Crippen LogP contribution in [0.2, 0.25) is 0 Å². The highest BCUT2D eigenvalue weighted by Gasteiger charge is 2.05. The van der Waals surface area contributed by atoms with E-state index < -0.39 is 0 Å². The van der Waals surface area contributed by atoms with Crippen LogP contribution in [0.1, 0.15) is 5.56 Å². The molecule has 0 aliphatic rings. The number of para-hydroxylation sites is 2. The van der Waals surface area contributed by atoms with Gasteiger partial charge in [0.15, 0.2) is 0 Å². The zero-order chi connectivity index (χ0) is 17.6. The monoisotopic (exact) mass is 342 g/mol. The van der Waals surface area contributed by atoms with Crippen molar-refractivity contribution in [2.45, 2.75) is 0 Å². The Morgan fingerprint density at radius 3 is 2.69 bits per heavy atom. The summed E-state index contributed by atoms with van der Waals surface area (Å²) in [6.07, 6.45) is 5.03. The molecule has 0 radical (unpaired) electrons. The Hall–Kier alpha value is -3.94. The van der Waals surface area contributed by atoms with Crippen molar-refractivity contribution in [3.05, 3.63) is 78.8 Å². The molecule has 26 heavy (non-hydrogen) atoms. The van der Waals surface area contributed by atoms with Crippen molar-refractivity contribution in [2.24, 2.45) is 15.3 Å². The van der Waals surface area contributed by atoms with Crippen molar-refractivity contribution in [1.29, 1.82) is 0 Å². The average Bonchev–Trinajstić information content (AvgIpc) is 3.12. The molecule has 4 rings (SSSR count). The third-order valence-corrected chi connectivity index (χ3v) is 3.48. The minimum atomic E-state index is 0.365. The van der Waals surface area contributed by atoms with Gasteiger partial charge in [-0.1, -0.05) is 18.2 Å². The highest BCUT2D eigenvalue weighted by Crippen LogP contribution is 2.16. The molecule has 0 aliphatic heterocycles. The maximum atomic E-state index is 4.38. The Labute approximate surface area is 148 Å². The summed E-state index contributed by atoms with van der Waals surface area (Å²) in [6.45, 7) is 0. The lowest BCUT2D eigenvalue weighted by Gasteiger charge is -2.01. The molecule has 0 atom stereocenters. The van der Waals surface area contributed by atoms with E-state index in [2.05, 4.69) is 40.7 Å². The van der Waals surface area contributed by atoms with E-state index >= 15 is 0 Å². The molecule has 0 fully saturated rings. The second kappa shape index (κ2) is 7.31. The van der Waals surface area contributed by atoms with Gasteiger partial charge >= 0.3 is 0 Å². The number of hydrogen-bond acceptors (Lipinski definition) is 6. The Kier molecular flexibility index (Phi) is 4.38. The van der Waals surface area contributed by atoms with E-state index in [1.54, 1.807) is 24.7 Å². The summed E-state index contributed by atoms with van der Waals surface area (Å²) < 4.78 is 0. The molecule has 1 aromatic carbocycles. The Bertz CT molecular complexity index is 1020. The van der Waals surface area contributed by atoms with Gasteiger partial charge in [-0.2, -0.15) is 5.10 Å². The van der Waals surface area contributed by atoms with Crippen LogP contribution in [0.5, 0.6) is 0 Å². The molecule has 126 valence electrons. The van der Waals surface area contributed by atoms with Gasteiger partial charge < -0.3 is 4.98 Å². The number of nitrogens with one attached hydrogen (secondary N) is 2. The van der Waals surface area contributed by atoms with Gasteiger partial charge in [0.2, 0.25) is 11.8 Å². The normalized spacial score (nSPS) is 11.9. The largest absolute Gasteiger partial charge is 0.321 e. The molecule has 8 nitrogen and oxygen atoms in total. The number of fused-ring (bicyclic) bond motifs is 1. The summed E-state index contributed by atoms with van der Waals surface area (Å²) in [5.41, 5.74) is 5.31. The highest BCUT2D eigenvalue weighted by molar-refractivity contribution is 5.99. The summed E-state index contributed by atoms with van der Waals surface area (Å²) in [6, 6.07) is 16.9. The summed E-state index contributed by atoms with van der Waals surface area (Å²) in [4.78, 5) is 15.7. The van der Waals surface area contributed by atoms with Crippen LogP contribution >= 0.6 is 0 Å². The molecular weight excluding hydrogens is 328 g/mol. The van der Waals surface area contributed by atoms with E-state index in [1.807, 2.05) is 48.5 Å². The molecule has 0 saturated heterocycles. The minimum absolute atomic E-state index is 0.365. The Balaban J connectivity index is 1.64. The first-order chi connectivity index (χ1) is 12.9. The molecular formula is C18H14N8. The molecule has 0 aliphatic carbocycles. The van der Waals surface area contributed by atoms with Gasteiger partial charge in [-0.3, -0.25) is 10.4 Å². The van der Waals surface area contributed by atoms with Crippen molar-refractivity contribution in [3.8, 4) is 0 Å². The third-order valence-electron chi connectivity index (χ3n) is 3.48. The number of H-pyrrole nitrogens is 1. The molecule has 4 aromatic rings. The number of aromatic amines is 1. The molecule has 2 N–H and O–H groups in total. The molecule has 0 spiro atoms. The summed E-state index contributed by atoms with van der Waals surface area (Å²) >= 11 is 0. The van der Waals surface area contributed by atoms with Gasteiger partial charge in [-0.25, -0.2) is 9.97 Å². The molecule has 0 unspecified atom stereocenters. The number of aromatic nitrogens is 4. The number of imidazole rings is 1. The standard InChI is InChI=1S/C18H14N8/c1-2-8-15-14(7-1)21-18(22-15)26-25-17(13-6-5-10-19-12-13)24-23-16-9-3-4-11-20-16/h1-12H,(H,20,23)(H,21,22). The molecule has 0 saturated carbocycles. The van der Waals surface area contributed by atoms with Gasteiger partial charge in [0.25, 0.3) is 0 Å². The predicted octanol–water partition coefficient (Wildman–Crippen LogP) is 3.91. The summed E-state index contributed by atoms with van der Waals surface area (Å²) in [7, 11) is 0. The van der Waals surface area contributed by atoms with Gasteiger partial charge in [0.05, 0.1) is 11.0 Å². The summed E-state index contributed by atoms with van der Waals surface area (Å²) in [5.74, 6) is 1.37. The van der Waals surface area contributed by atoms with E-state index in [4.69, 9.17) is 0 Å². The number of hydrogen-bond donors (Lipinski definition) is 2. The van der Waals surface area contributed by atoms with E-state index in [-0.39, 0.29) is 0 Å². The number of amidine groups is 1. The quantitative estimate of drug-likeness (QED) is 0.254. The van der Waals surface area contributed by atoms with Crippen LogP contribution in [-0.2, 0) is 0 Å². The predicted molar refractivity (Wildman–Crippen MR) is 99.2 cm³/mol. The van der Waals surface area contributed by atoms with Gasteiger partial charge in [0, 0.05) is 24.2 Å². The fourth-order valence-corrected chi connectivity index (χ4v) is 2.26. The lowest BCUT2D eigenvalue weighted by atomic mass is 10.3. The Morgan fingerprint density at radius 1 is 0.962 bits per heavy atom. The maximum Gasteiger partial charge on any atom is 0.247 e. The van der Waals surface area contributed by atoms with Gasteiger partial charge in [0.1, 0.15) is 5.82 Å². The van der Waals surface area contributed by atoms with Crippen LogP contribution in [-0.4, -0.2) is 25.8 Å². The number of azo groups is 1. The van der Waals surface area contributed by atoms with Gasteiger partial charge in [-0.05, 0) is 36.4 Å². The number of nitrogens with zero attached hydrogens (tertiary/aromatic N) is 6. The van der Waals surface area contributed by atoms with E-state index in [1.165, 1.54) is 0 Å². The second-order valence-electron chi connectivity index (χ2n) is 5.28. The van der Waals surface area contributed by atoms with E-state index in [9.17, 15) is 0 Å². The van der Waals surface area contributed by atoms with Crippen LogP contribution in [0.4, 0.5) is 11.8 Å². The van der Waals surface area contributed by atoms with Crippen LogP contribution in [0.3, 0.4) is 0 Å². The van der Waals surface area contributed by atoms with Crippen molar-refractivity contribution in [3.63, 3.8) is 0 Å². The average molecular weight is 342 g/mol. The number of anilines is 1. The minimum Gasteiger partial charge on any atom is -0.321 e. The SMILES string of the molecule is c1ccc(NN=C(N=Nc2nc3ccccc3[nH]2)c2cccnc2)nc1. The smallest absolute Gasteiger partial charge is 0.247 e. The fraction of sp³-hybridized carbons (Fsp3) is 0. The molecule has 3 heterocycles. The van der Waals surface area contributed by atoms with E-state index in [0.29, 0.717) is 17.6 Å². The number of pyridine rings is 2. The van der Waals surface area contributed by atoms with Crippen LogP contribution in [0, 0.1) is 0 Å².